The van der Waals surface area contributed by atoms with Gasteiger partial charge in [0.2, 0.25) is 0 Å². The Hall–Kier alpha value is -0.530. The summed E-state index contributed by atoms with van der Waals surface area (Å²) in [7, 11) is 0. The van der Waals surface area contributed by atoms with Crippen LogP contribution in [0, 0.1) is 13.5 Å². The molecule has 0 aliphatic carbocycles. The van der Waals surface area contributed by atoms with Gasteiger partial charge in [-0.15, -0.1) is 0 Å². The van der Waals surface area contributed by atoms with Crippen molar-refractivity contribution in [2.24, 2.45) is 0 Å². The Morgan fingerprint density at radius 3 is 2.70 bits per heavy atom. The van der Waals surface area contributed by atoms with Crippen molar-refractivity contribution in [1.82, 2.24) is 0 Å². The van der Waals surface area contributed by atoms with Gasteiger partial charge in [0.25, 0.3) is 0 Å². The van der Waals surface area contributed by atoms with Crippen molar-refractivity contribution in [3.63, 3.8) is 0 Å². The number of rotatable bonds is 1. The number of benzene rings is 1. The molecule has 2 heteroatoms. The summed E-state index contributed by atoms with van der Waals surface area (Å²) in [5.74, 6) is 0. The second-order valence-corrected chi connectivity index (χ2v) is 2.54. The van der Waals surface area contributed by atoms with Crippen LogP contribution in [0.5, 0.6) is 0 Å². The van der Waals surface area contributed by atoms with Crippen LogP contribution in [0.15, 0.2) is 18.2 Å². The van der Waals surface area contributed by atoms with Crippen molar-refractivity contribution < 1.29 is 5.11 Å². The van der Waals surface area contributed by atoms with E-state index in [9.17, 15) is 0 Å². The molecule has 0 amide bonds. The third kappa shape index (κ3) is 1.49. The largest absolute Gasteiger partial charge is 0.385 e. The van der Waals surface area contributed by atoms with E-state index in [1.165, 1.54) is 0 Å². The Morgan fingerprint density at radius 2 is 2.20 bits per heavy atom. The topological polar surface area (TPSA) is 20.2 Å². The molecule has 53 valence electrons. The average Bonchev–Trinajstić information content (AvgIpc) is 1.95. The van der Waals surface area contributed by atoms with Gasteiger partial charge in [0.05, 0.1) is 0 Å². The van der Waals surface area contributed by atoms with Gasteiger partial charge in [-0.2, -0.15) is 0 Å². The molecule has 10 heavy (non-hydrogen) atoms. The van der Waals surface area contributed by atoms with Crippen LogP contribution in [-0.4, -0.2) is 5.11 Å². The molecule has 0 aliphatic heterocycles. The molecule has 1 nitrogen and oxygen atoms in total. The first-order valence-electron chi connectivity index (χ1n) is 2.97. The van der Waals surface area contributed by atoms with Crippen molar-refractivity contribution in [3.8, 4) is 0 Å². The molecule has 0 fully saturated rings. The summed E-state index contributed by atoms with van der Waals surface area (Å²) in [6.45, 7) is 2.96. The first-order chi connectivity index (χ1) is 4.74. The van der Waals surface area contributed by atoms with Crippen LogP contribution < -0.4 is 0 Å². The maximum Gasteiger partial charge on any atom is 0.109 e. The van der Waals surface area contributed by atoms with Crippen LogP contribution in [0.25, 0.3) is 0 Å². The Bertz CT molecular complexity index is 233. The molecule has 1 aromatic carbocycles. The van der Waals surface area contributed by atoms with E-state index in [2.05, 4.69) is 0 Å². The Morgan fingerprint density at radius 1 is 1.50 bits per heavy atom. The smallest absolute Gasteiger partial charge is 0.109 e. The van der Waals surface area contributed by atoms with Crippen molar-refractivity contribution in [2.45, 2.75) is 6.92 Å². The highest BCUT2D eigenvalue weighted by Crippen LogP contribution is 2.16. The van der Waals surface area contributed by atoms with E-state index >= 15 is 0 Å². The van der Waals surface area contributed by atoms with E-state index in [1.807, 2.05) is 13.0 Å². The lowest BCUT2D eigenvalue weighted by Gasteiger charge is -1.98. The second kappa shape index (κ2) is 3.04. The van der Waals surface area contributed by atoms with E-state index in [4.69, 9.17) is 16.7 Å². The third-order valence-electron chi connectivity index (χ3n) is 1.33. The van der Waals surface area contributed by atoms with Crippen LogP contribution in [-0.2, 0) is 0 Å². The fourth-order valence-corrected chi connectivity index (χ4v) is 0.866. The van der Waals surface area contributed by atoms with E-state index < -0.39 is 0 Å². The number of hydrogen-bond donors (Lipinski definition) is 1. The minimum atomic E-state index is 0.727. The van der Waals surface area contributed by atoms with Gasteiger partial charge in [-0.1, -0.05) is 23.7 Å². The summed E-state index contributed by atoms with van der Waals surface area (Å²) in [4.78, 5) is 0. The molecule has 0 unspecified atom stereocenters. The summed E-state index contributed by atoms with van der Waals surface area (Å²) in [5, 5.41) is 9.31. The molecule has 0 aromatic heterocycles. The van der Waals surface area contributed by atoms with Crippen molar-refractivity contribution in [1.29, 1.82) is 0 Å². The molecule has 0 atom stereocenters. The molecule has 1 N–H and O–H groups in total. The normalized spacial score (nSPS) is 9.90. The molecule has 0 spiro atoms. The maximum atomic E-state index is 8.58. The molecular weight excluding hydrogens is 148 g/mol. The van der Waals surface area contributed by atoms with Crippen LogP contribution in [0.4, 0.5) is 0 Å². The van der Waals surface area contributed by atoms with Gasteiger partial charge in [0.15, 0.2) is 0 Å². The molecule has 1 rings (SSSR count). The predicted octanol–water partition coefficient (Wildman–Crippen LogP) is 2.53. The minimum absolute atomic E-state index is 0.727. The van der Waals surface area contributed by atoms with Gasteiger partial charge in [-0.05, 0) is 24.1 Å². The highest BCUT2D eigenvalue weighted by molar-refractivity contribution is 6.31. The first kappa shape index (κ1) is 7.58. The lowest BCUT2D eigenvalue weighted by atomic mass is 10.1. The molecule has 0 saturated carbocycles. The van der Waals surface area contributed by atoms with E-state index in [1.54, 1.807) is 12.1 Å². The molecule has 0 heterocycles. The van der Waals surface area contributed by atoms with Crippen molar-refractivity contribution >= 4 is 11.6 Å². The monoisotopic (exact) mass is 155 g/mol. The zero-order valence-corrected chi connectivity index (χ0v) is 6.39. The lowest BCUT2D eigenvalue weighted by Crippen LogP contribution is -1.81. The van der Waals surface area contributed by atoms with Crippen molar-refractivity contribution in [3.05, 3.63) is 41.0 Å². The average molecular weight is 156 g/mol. The first-order valence-corrected chi connectivity index (χ1v) is 3.35. The number of aliphatic hydroxyl groups is 1. The van der Waals surface area contributed by atoms with Gasteiger partial charge >= 0.3 is 0 Å². The Kier molecular flexibility index (Phi) is 2.30. The Labute approximate surface area is 65.3 Å². The summed E-state index contributed by atoms with van der Waals surface area (Å²) in [6, 6.07) is 5.34. The lowest BCUT2D eigenvalue weighted by molar-refractivity contribution is 0.415. The van der Waals surface area contributed by atoms with Crippen LogP contribution in [0.3, 0.4) is 0 Å². The molecule has 1 aromatic rings. The Balaban J connectivity index is 3.04. The molecular formula is C8H8ClO. The fraction of sp³-hybridized carbons (Fsp3) is 0.125. The molecule has 0 aliphatic rings. The predicted molar refractivity (Wildman–Crippen MR) is 41.5 cm³/mol. The summed E-state index contributed by atoms with van der Waals surface area (Å²) < 4.78 is 0. The molecule has 0 saturated heterocycles. The number of aliphatic hydroxyl groups excluding tert-OH is 1. The minimum Gasteiger partial charge on any atom is -0.385 e. The van der Waals surface area contributed by atoms with Gasteiger partial charge in [-0.3, -0.25) is 0 Å². The van der Waals surface area contributed by atoms with Crippen LogP contribution in [0.2, 0.25) is 5.02 Å². The summed E-state index contributed by atoms with van der Waals surface area (Å²) in [5.41, 5.74) is 1.76. The second-order valence-electron chi connectivity index (χ2n) is 2.14. The highest BCUT2D eigenvalue weighted by atomic mass is 35.5. The van der Waals surface area contributed by atoms with Gasteiger partial charge in [0, 0.05) is 5.02 Å². The quantitative estimate of drug-likeness (QED) is 0.661. The standard InChI is InChI=1S/C8H8ClO/c1-6-4-7(5-10)2-3-8(6)9/h2-5,10H,1H3. The van der Waals surface area contributed by atoms with Gasteiger partial charge in [-0.25, -0.2) is 0 Å². The number of hydrogen-bond acceptors (Lipinski definition) is 1. The number of aryl methyl sites for hydroxylation is 1. The third-order valence-corrected chi connectivity index (χ3v) is 1.76. The summed E-state index contributed by atoms with van der Waals surface area (Å²) in [6.07, 6.45) is 0. The van der Waals surface area contributed by atoms with Gasteiger partial charge in [0.1, 0.15) is 6.61 Å². The molecule has 0 bridgehead atoms. The zero-order chi connectivity index (χ0) is 7.56. The van der Waals surface area contributed by atoms with E-state index in [-0.39, 0.29) is 0 Å². The number of halogens is 1. The van der Waals surface area contributed by atoms with Crippen LogP contribution >= 0.6 is 11.6 Å². The van der Waals surface area contributed by atoms with Crippen molar-refractivity contribution in [2.75, 3.05) is 0 Å². The molecule has 1 radical (unpaired) electrons. The zero-order valence-electron chi connectivity index (χ0n) is 5.63. The van der Waals surface area contributed by atoms with E-state index in [0.717, 1.165) is 22.8 Å². The maximum absolute atomic E-state index is 8.58. The van der Waals surface area contributed by atoms with E-state index in [0.29, 0.717) is 0 Å². The fourth-order valence-electron chi connectivity index (χ4n) is 0.748. The highest BCUT2D eigenvalue weighted by Gasteiger charge is 1.95. The summed E-state index contributed by atoms with van der Waals surface area (Å²) >= 11 is 5.74. The van der Waals surface area contributed by atoms with Gasteiger partial charge < -0.3 is 5.11 Å². The van der Waals surface area contributed by atoms with Crippen LogP contribution in [0.1, 0.15) is 11.1 Å². The SMILES string of the molecule is Cc1cc([CH]O)ccc1Cl.